The third-order valence-corrected chi connectivity index (χ3v) is 5.10. The first-order chi connectivity index (χ1) is 11.6. The Morgan fingerprint density at radius 3 is 2.79 bits per heavy atom. The number of hydrogen-bond acceptors (Lipinski definition) is 3. The molecule has 0 unspecified atom stereocenters. The van der Waals surface area contributed by atoms with Crippen molar-refractivity contribution in [3.63, 3.8) is 0 Å². The van der Waals surface area contributed by atoms with Crippen LogP contribution in [0.3, 0.4) is 0 Å². The van der Waals surface area contributed by atoms with Crippen LogP contribution in [0.4, 0.5) is 0 Å². The fraction of sp³-hybridized carbons (Fsp3) is 0.222. The Kier molecular flexibility index (Phi) is 5.14. The van der Waals surface area contributed by atoms with E-state index in [4.69, 9.17) is 16.3 Å². The molecular weight excluding hydrogens is 344 g/mol. The Morgan fingerprint density at radius 2 is 2.04 bits per heavy atom. The van der Waals surface area contributed by atoms with E-state index < -0.39 is 0 Å². The molecular formula is C18H17ClN2O2S. The second kappa shape index (κ2) is 7.30. The van der Waals surface area contributed by atoms with Crippen molar-refractivity contribution in [1.82, 2.24) is 4.57 Å². The molecule has 0 fully saturated rings. The van der Waals surface area contributed by atoms with E-state index in [2.05, 4.69) is 18.0 Å². The molecule has 0 aliphatic rings. The largest absolute Gasteiger partial charge is 0.383 e. The van der Waals surface area contributed by atoms with Gasteiger partial charge in [-0.25, -0.2) is 0 Å². The highest BCUT2D eigenvalue weighted by Gasteiger charge is 2.12. The van der Waals surface area contributed by atoms with E-state index in [9.17, 15) is 4.79 Å². The van der Waals surface area contributed by atoms with Gasteiger partial charge >= 0.3 is 0 Å². The van der Waals surface area contributed by atoms with Gasteiger partial charge in [-0.3, -0.25) is 4.79 Å². The standard InChI is InChI=1S/C18H17ClN2O2S/c1-12-6-5-9-15-16(12)21(10-11-23-2)18(24-15)20-17(22)13-7-3-4-8-14(13)19/h3-9H,10-11H2,1-2H3. The fourth-order valence-electron chi connectivity index (χ4n) is 2.56. The number of aryl methyl sites for hydroxylation is 1. The molecule has 1 aromatic heterocycles. The predicted molar refractivity (Wildman–Crippen MR) is 97.8 cm³/mol. The van der Waals surface area contributed by atoms with Gasteiger partial charge in [0.1, 0.15) is 0 Å². The topological polar surface area (TPSA) is 43.6 Å². The van der Waals surface area contributed by atoms with E-state index in [-0.39, 0.29) is 5.91 Å². The van der Waals surface area contributed by atoms with Crippen LogP contribution in [-0.4, -0.2) is 24.2 Å². The Hall–Kier alpha value is -1.95. The molecule has 3 aromatic rings. The molecule has 0 aliphatic heterocycles. The van der Waals surface area contributed by atoms with Crippen LogP contribution in [0.2, 0.25) is 5.02 Å². The molecule has 2 aromatic carbocycles. The van der Waals surface area contributed by atoms with E-state index in [1.165, 1.54) is 11.3 Å². The summed E-state index contributed by atoms with van der Waals surface area (Å²) in [6.45, 7) is 3.24. The first-order valence-electron chi connectivity index (χ1n) is 7.53. The number of rotatable bonds is 4. The van der Waals surface area contributed by atoms with Crippen molar-refractivity contribution in [2.45, 2.75) is 13.5 Å². The van der Waals surface area contributed by atoms with E-state index in [1.807, 2.05) is 16.7 Å². The number of thiazole rings is 1. The molecule has 0 aliphatic carbocycles. The Bertz CT molecular complexity index is 959. The van der Waals surface area contributed by atoms with E-state index in [0.717, 1.165) is 15.8 Å². The summed E-state index contributed by atoms with van der Waals surface area (Å²) in [6, 6.07) is 13.1. The van der Waals surface area contributed by atoms with Crippen molar-refractivity contribution in [3.05, 3.63) is 63.4 Å². The van der Waals surface area contributed by atoms with Crippen LogP contribution in [0.15, 0.2) is 47.5 Å². The summed E-state index contributed by atoms with van der Waals surface area (Å²) in [5.41, 5.74) is 2.64. The molecule has 1 amide bonds. The summed E-state index contributed by atoms with van der Waals surface area (Å²) >= 11 is 7.60. The molecule has 0 atom stereocenters. The third kappa shape index (κ3) is 3.29. The van der Waals surface area contributed by atoms with Crippen molar-refractivity contribution in [1.29, 1.82) is 0 Å². The van der Waals surface area contributed by atoms with Crippen LogP contribution in [-0.2, 0) is 11.3 Å². The SMILES string of the molecule is COCCn1c(=NC(=O)c2ccccc2Cl)sc2cccc(C)c21. The maximum absolute atomic E-state index is 12.5. The summed E-state index contributed by atoms with van der Waals surface area (Å²) in [5, 5.41) is 0.409. The number of methoxy groups -OCH3 is 1. The predicted octanol–water partition coefficient (Wildman–Crippen LogP) is 4.05. The number of halogens is 1. The highest BCUT2D eigenvalue weighted by Crippen LogP contribution is 2.21. The van der Waals surface area contributed by atoms with Gasteiger partial charge in [-0.2, -0.15) is 4.99 Å². The molecule has 6 heteroatoms. The van der Waals surface area contributed by atoms with Crippen molar-refractivity contribution in [2.75, 3.05) is 13.7 Å². The summed E-state index contributed by atoms with van der Waals surface area (Å²) in [6.07, 6.45) is 0. The minimum atomic E-state index is -0.337. The molecule has 0 N–H and O–H groups in total. The molecule has 0 saturated heterocycles. The summed E-state index contributed by atoms with van der Waals surface area (Å²) in [5.74, 6) is -0.337. The first-order valence-corrected chi connectivity index (χ1v) is 8.72. The van der Waals surface area contributed by atoms with E-state index in [1.54, 1.807) is 31.4 Å². The normalized spacial score (nSPS) is 12.0. The molecule has 124 valence electrons. The average molecular weight is 361 g/mol. The molecule has 0 spiro atoms. The van der Waals surface area contributed by atoms with Gasteiger partial charge in [-0.15, -0.1) is 0 Å². The summed E-state index contributed by atoms with van der Waals surface area (Å²) in [4.78, 5) is 17.5. The summed E-state index contributed by atoms with van der Waals surface area (Å²) in [7, 11) is 1.66. The van der Waals surface area contributed by atoms with Crippen LogP contribution >= 0.6 is 22.9 Å². The van der Waals surface area contributed by atoms with Crippen molar-refractivity contribution < 1.29 is 9.53 Å². The van der Waals surface area contributed by atoms with Gasteiger partial charge in [-0.1, -0.05) is 47.2 Å². The Morgan fingerprint density at radius 1 is 1.25 bits per heavy atom. The first kappa shape index (κ1) is 16.9. The van der Waals surface area contributed by atoms with Crippen LogP contribution in [0.1, 0.15) is 15.9 Å². The number of fused-ring (bicyclic) bond motifs is 1. The van der Waals surface area contributed by atoms with E-state index in [0.29, 0.717) is 28.5 Å². The van der Waals surface area contributed by atoms with Gasteiger partial charge in [0.25, 0.3) is 5.91 Å². The second-order valence-corrected chi connectivity index (χ2v) is 6.76. The van der Waals surface area contributed by atoms with Crippen LogP contribution in [0, 0.1) is 6.92 Å². The molecule has 24 heavy (non-hydrogen) atoms. The number of ether oxygens (including phenoxy) is 1. The maximum atomic E-state index is 12.5. The third-order valence-electron chi connectivity index (χ3n) is 3.72. The number of hydrogen-bond donors (Lipinski definition) is 0. The Balaban J connectivity index is 2.16. The minimum Gasteiger partial charge on any atom is -0.383 e. The Labute approximate surface area is 149 Å². The van der Waals surface area contributed by atoms with Gasteiger partial charge in [0.2, 0.25) is 0 Å². The van der Waals surface area contributed by atoms with Gasteiger partial charge in [0.05, 0.1) is 27.4 Å². The van der Waals surface area contributed by atoms with Crippen LogP contribution < -0.4 is 4.80 Å². The van der Waals surface area contributed by atoms with Crippen molar-refractivity contribution in [2.24, 2.45) is 4.99 Å². The molecule has 1 heterocycles. The number of amides is 1. The number of carbonyl (C=O) groups excluding carboxylic acids is 1. The molecule has 0 bridgehead atoms. The van der Waals surface area contributed by atoms with Crippen LogP contribution in [0.5, 0.6) is 0 Å². The highest BCUT2D eigenvalue weighted by molar-refractivity contribution is 7.16. The number of aromatic nitrogens is 1. The lowest BCUT2D eigenvalue weighted by atomic mass is 10.2. The minimum absolute atomic E-state index is 0.337. The summed E-state index contributed by atoms with van der Waals surface area (Å²) < 4.78 is 8.33. The zero-order valence-electron chi connectivity index (χ0n) is 13.5. The van der Waals surface area contributed by atoms with Crippen molar-refractivity contribution in [3.8, 4) is 0 Å². The quantitative estimate of drug-likeness (QED) is 0.704. The zero-order chi connectivity index (χ0) is 17.1. The van der Waals surface area contributed by atoms with Gasteiger partial charge in [0.15, 0.2) is 4.80 Å². The van der Waals surface area contributed by atoms with E-state index >= 15 is 0 Å². The lowest BCUT2D eigenvalue weighted by Crippen LogP contribution is -2.19. The number of nitrogens with zero attached hydrogens (tertiary/aromatic N) is 2. The van der Waals surface area contributed by atoms with Gasteiger partial charge < -0.3 is 9.30 Å². The zero-order valence-corrected chi connectivity index (χ0v) is 15.0. The fourth-order valence-corrected chi connectivity index (χ4v) is 3.91. The van der Waals surface area contributed by atoms with Crippen molar-refractivity contribution >= 4 is 39.1 Å². The number of carbonyl (C=O) groups is 1. The van der Waals surface area contributed by atoms with Gasteiger partial charge in [0, 0.05) is 13.7 Å². The second-order valence-electron chi connectivity index (χ2n) is 5.35. The molecule has 4 nitrogen and oxygen atoms in total. The maximum Gasteiger partial charge on any atom is 0.281 e. The lowest BCUT2D eigenvalue weighted by Gasteiger charge is -2.06. The highest BCUT2D eigenvalue weighted by atomic mass is 35.5. The van der Waals surface area contributed by atoms with Gasteiger partial charge in [-0.05, 0) is 30.7 Å². The smallest absolute Gasteiger partial charge is 0.281 e. The number of para-hydroxylation sites is 1. The molecule has 0 saturated carbocycles. The lowest BCUT2D eigenvalue weighted by molar-refractivity contribution is 0.0997. The molecule has 3 rings (SSSR count). The molecule has 0 radical (unpaired) electrons. The number of benzene rings is 2. The van der Waals surface area contributed by atoms with Crippen LogP contribution in [0.25, 0.3) is 10.2 Å². The average Bonchev–Trinajstić information content (AvgIpc) is 2.91. The monoisotopic (exact) mass is 360 g/mol.